The van der Waals surface area contributed by atoms with E-state index in [1.165, 1.54) is 49.0 Å². The molecule has 1 aliphatic heterocycles. The quantitative estimate of drug-likeness (QED) is 0.863. The molecule has 2 nitrogen and oxygen atoms in total. The summed E-state index contributed by atoms with van der Waals surface area (Å²) in [4.78, 5) is 2.63. The van der Waals surface area contributed by atoms with Gasteiger partial charge in [-0.25, -0.2) is 4.39 Å². The third-order valence-corrected chi connectivity index (χ3v) is 6.04. The highest BCUT2D eigenvalue weighted by molar-refractivity contribution is 5.51. The first-order valence-corrected chi connectivity index (χ1v) is 9.51. The van der Waals surface area contributed by atoms with Gasteiger partial charge in [0.25, 0.3) is 0 Å². The minimum Gasteiger partial charge on any atom is -0.388 e. The highest BCUT2D eigenvalue weighted by Gasteiger charge is 2.27. The summed E-state index contributed by atoms with van der Waals surface area (Å²) >= 11 is 0. The van der Waals surface area contributed by atoms with Crippen LogP contribution >= 0.6 is 0 Å². The minimum atomic E-state index is -0.137. The van der Waals surface area contributed by atoms with Crippen LogP contribution < -0.4 is 5.32 Å². The number of hydrogen-bond acceptors (Lipinski definition) is 2. The average Bonchev–Trinajstić information content (AvgIpc) is 3.05. The van der Waals surface area contributed by atoms with Crippen molar-refractivity contribution in [1.82, 2.24) is 4.90 Å². The number of aryl methyl sites for hydroxylation is 1. The molecule has 1 fully saturated rings. The summed E-state index contributed by atoms with van der Waals surface area (Å²) in [6.45, 7) is 3.48. The number of rotatable bonds is 4. The Morgan fingerprint density at radius 1 is 1.04 bits per heavy atom. The van der Waals surface area contributed by atoms with E-state index in [2.05, 4.69) is 28.4 Å². The Morgan fingerprint density at radius 3 is 2.52 bits per heavy atom. The Bertz CT molecular complexity index is 717. The van der Waals surface area contributed by atoms with E-state index in [0.29, 0.717) is 11.8 Å². The van der Waals surface area contributed by atoms with Gasteiger partial charge in [0.05, 0.1) is 0 Å². The van der Waals surface area contributed by atoms with Crippen LogP contribution in [0.25, 0.3) is 0 Å². The first-order valence-electron chi connectivity index (χ1n) is 9.51. The van der Waals surface area contributed by atoms with Crippen molar-refractivity contribution < 1.29 is 4.39 Å². The highest BCUT2D eigenvalue weighted by Crippen LogP contribution is 2.37. The normalized spacial score (nSPS) is 21.3. The van der Waals surface area contributed by atoms with Crippen LogP contribution in [0, 0.1) is 5.82 Å². The summed E-state index contributed by atoms with van der Waals surface area (Å²) in [5.41, 5.74) is 5.60. The molecule has 2 aromatic rings. The third-order valence-electron chi connectivity index (χ3n) is 6.04. The second-order valence-corrected chi connectivity index (χ2v) is 7.53. The number of piperidine rings is 1. The summed E-state index contributed by atoms with van der Waals surface area (Å²) in [5.74, 6) is 1.12. The van der Waals surface area contributed by atoms with Crippen molar-refractivity contribution in [3.63, 3.8) is 0 Å². The number of benzene rings is 2. The molecule has 0 radical (unpaired) electrons. The fourth-order valence-corrected chi connectivity index (χ4v) is 4.53. The SMILES string of the molecule is CNc1ccc2c(c1)C(CN1CCC(c3ccc(F)cc3)CC1)CC2. The molecule has 2 aliphatic rings. The van der Waals surface area contributed by atoms with Crippen LogP contribution in [0.3, 0.4) is 0 Å². The Morgan fingerprint density at radius 2 is 1.80 bits per heavy atom. The number of fused-ring (bicyclic) bond motifs is 1. The van der Waals surface area contributed by atoms with Crippen molar-refractivity contribution in [1.29, 1.82) is 0 Å². The Labute approximate surface area is 150 Å². The Hall–Kier alpha value is -1.87. The minimum absolute atomic E-state index is 0.137. The highest BCUT2D eigenvalue weighted by atomic mass is 19.1. The van der Waals surface area contributed by atoms with E-state index in [4.69, 9.17) is 0 Å². The van der Waals surface area contributed by atoms with E-state index < -0.39 is 0 Å². The number of likely N-dealkylation sites (tertiary alicyclic amines) is 1. The molecule has 0 aromatic heterocycles. The van der Waals surface area contributed by atoms with E-state index in [9.17, 15) is 4.39 Å². The Balaban J connectivity index is 1.36. The van der Waals surface area contributed by atoms with E-state index in [1.54, 1.807) is 17.7 Å². The second kappa shape index (κ2) is 7.17. The lowest BCUT2D eigenvalue weighted by Crippen LogP contribution is -2.35. The van der Waals surface area contributed by atoms with Gasteiger partial charge in [-0.05, 0) is 91.6 Å². The maximum absolute atomic E-state index is 13.1. The van der Waals surface area contributed by atoms with E-state index in [0.717, 1.165) is 13.1 Å². The summed E-state index contributed by atoms with van der Waals surface area (Å²) in [5, 5.41) is 3.27. The largest absolute Gasteiger partial charge is 0.388 e. The molecule has 1 aliphatic carbocycles. The zero-order valence-corrected chi connectivity index (χ0v) is 15.0. The van der Waals surface area contributed by atoms with Crippen LogP contribution in [0.15, 0.2) is 42.5 Å². The lowest BCUT2D eigenvalue weighted by atomic mass is 9.89. The second-order valence-electron chi connectivity index (χ2n) is 7.53. The average molecular weight is 338 g/mol. The predicted molar refractivity (Wildman–Crippen MR) is 102 cm³/mol. The van der Waals surface area contributed by atoms with Gasteiger partial charge in [-0.3, -0.25) is 0 Å². The van der Waals surface area contributed by atoms with Gasteiger partial charge >= 0.3 is 0 Å². The van der Waals surface area contributed by atoms with Gasteiger partial charge in [0, 0.05) is 19.3 Å². The summed E-state index contributed by atoms with van der Waals surface area (Å²) < 4.78 is 13.1. The molecular weight excluding hydrogens is 311 g/mol. The third kappa shape index (κ3) is 3.57. The van der Waals surface area contributed by atoms with Crippen LogP contribution in [-0.2, 0) is 6.42 Å². The zero-order chi connectivity index (χ0) is 17.2. The molecule has 4 rings (SSSR count). The number of halogens is 1. The number of hydrogen-bond donors (Lipinski definition) is 1. The van der Waals surface area contributed by atoms with Crippen molar-refractivity contribution in [3.8, 4) is 0 Å². The van der Waals surface area contributed by atoms with Gasteiger partial charge in [-0.2, -0.15) is 0 Å². The lowest BCUT2D eigenvalue weighted by molar-refractivity contribution is 0.200. The molecule has 3 heteroatoms. The van der Waals surface area contributed by atoms with Gasteiger partial charge < -0.3 is 10.2 Å². The van der Waals surface area contributed by atoms with Gasteiger partial charge in [0.2, 0.25) is 0 Å². The van der Waals surface area contributed by atoms with Crippen molar-refractivity contribution in [2.24, 2.45) is 0 Å². The first kappa shape index (κ1) is 16.6. The fourth-order valence-electron chi connectivity index (χ4n) is 4.53. The molecule has 1 unspecified atom stereocenters. The number of nitrogens with one attached hydrogen (secondary N) is 1. The molecule has 132 valence electrons. The van der Waals surface area contributed by atoms with E-state index >= 15 is 0 Å². The molecule has 0 saturated carbocycles. The summed E-state index contributed by atoms with van der Waals surface area (Å²) in [7, 11) is 1.99. The molecule has 25 heavy (non-hydrogen) atoms. The number of nitrogens with zero attached hydrogens (tertiary/aromatic N) is 1. The molecule has 0 spiro atoms. The van der Waals surface area contributed by atoms with Crippen molar-refractivity contribution in [3.05, 3.63) is 65.0 Å². The summed E-state index contributed by atoms with van der Waals surface area (Å²) in [6.07, 6.45) is 4.86. The van der Waals surface area contributed by atoms with E-state index in [-0.39, 0.29) is 5.82 Å². The van der Waals surface area contributed by atoms with Crippen molar-refractivity contribution in [2.75, 3.05) is 32.0 Å². The van der Waals surface area contributed by atoms with Crippen LogP contribution in [0.1, 0.15) is 47.8 Å². The molecule has 0 bridgehead atoms. The number of anilines is 1. The zero-order valence-electron chi connectivity index (χ0n) is 15.0. The van der Waals surface area contributed by atoms with Crippen LogP contribution in [0.4, 0.5) is 10.1 Å². The maximum atomic E-state index is 13.1. The molecule has 1 atom stereocenters. The fraction of sp³-hybridized carbons (Fsp3) is 0.455. The van der Waals surface area contributed by atoms with Crippen LogP contribution in [0.5, 0.6) is 0 Å². The smallest absolute Gasteiger partial charge is 0.123 e. The van der Waals surface area contributed by atoms with Crippen molar-refractivity contribution in [2.45, 2.75) is 37.5 Å². The maximum Gasteiger partial charge on any atom is 0.123 e. The van der Waals surface area contributed by atoms with Crippen molar-refractivity contribution >= 4 is 5.69 Å². The first-order chi connectivity index (χ1) is 12.2. The van der Waals surface area contributed by atoms with Crippen LogP contribution in [0.2, 0.25) is 0 Å². The van der Waals surface area contributed by atoms with E-state index in [1.807, 2.05) is 19.2 Å². The molecule has 1 heterocycles. The molecular formula is C22H27FN2. The summed E-state index contributed by atoms with van der Waals surface area (Å²) in [6, 6.07) is 13.9. The Kier molecular flexibility index (Phi) is 4.76. The van der Waals surface area contributed by atoms with Crippen LogP contribution in [-0.4, -0.2) is 31.6 Å². The molecule has 2 aromatic carbocycles. The molecule has 1 saturated heterocycles. The van der Waals surface area contributed by atoms with Gasteiger partial charge in [0.15, 0.2) is 0 Å². The monoisotopic (exact) mass is 338 g/mol. The van der Waals surface area contributed by atoms with Gasteiger partial charge in [0.1, 0.15) is 5.82 Å². The van der Waals surface area contributed by atoms with Gasteiger partial charge in [-0.15, -0.1) is 0 Å². The standard InChI is InChI=1S/C22H27FN2/c1-24-21-9-6-18-2-3-19(22(18)14-21)15-25-12-10-17(11-13-25)16-4-7-20(23)8-5-16/h4-9,14,17,19,24H,2-3,10-13,15H2,1H3. The molecule has 1 N–H and O–H groups in total. The topological polar surface area (TPSA) is 15.3 Å². The van der Waals surface area contributed by atoms with Gasteiger partial charge in [-0.1, -0.05) is 18.2 Å². The predicted octanol–water partition coefficient (Wildman–Crippen LogP) is 4.78. The molecule has 0 amide bonds. The lowest BCUT2D eigenvalue weighted by Gasteiger charge is -2.34.